The molecule has 1 aromatic rings. The molecule has 5 heteroatoms. The van der Waals surface area contributed by atoms with E-state index in [0.29, 0.717) is 0 Å². The maximum Gasteiger partial charge on any atom is 0.249 e. The van der Waals surface area contributed by atoms with Gasteiger partial charge in [0.2, 0.25) is 11.8 Å². The zero-order valence-corrected chi connectivity index (χ0v) is 11.0. The second kappa shape index (κ2) is 4.40. The van der Waals surface area contributed by atoms with Gasteiger partial charge in [0.05, 0.1) is 12.3 Å². The van der Waals surface area contributed by atoms with Crippen molar-refractivity contribution in [2.24, 2.45) is 0 Å². The predicted octanol–water partition coefficient (Wildman–Crippen LogP) is 1.61. The minimum atomic E-state index is -0.657. The fourth-order valence-corrected chi connectivity index (χ4v) is 3.17. The van der Waals surface area contributed by atoms with Crippen LogP contribution >= 0.6 is 0 Å². The first-order valence-corrected chi connectivity index (χ1v) is 6.78. The van der Waals surface area contributed by atoms with E-state index in [9.17, 15) is 9.59 Å². The lowest BCUT2D eigenvalue weighted by Crippen LogP contribution is -2.65. The van der Waals surface area contributed by atoms with Crippen LogP contribution in [0.2, 0.25) is 0 Å². The number of amides is 2. The van der Waals surface area contributed by atoms with Crippen LogP contribution in [0.3, 0.4) is 0 Å². The van der Waals surface area contributed by atoms with Gasteiger partial charge in [-0.1, -0.05) is 12.8 Å². The van der Waals surface area contributed by atoms with Crippen LogP contribution in [0.4, 0.5) is 0 Å². The number of rotatable bonds is 2. The van der Waals surface area contributed by atoms with Gasteiger partial charge in [0, 0.05) is 0 Å². The molecule has 1 aliphatic carbocycles. The largest absolute Gasteiger partial charge is 0.467 e. The molecule has 2 fully saturated rings. The van der Waals surface area contributed by atoms with Crippen molar-refractivity contribution in [2.75, 3.05) is 6.54 Å². The van der Waals surface area contributed by atoms with E-state index >= 15 is 0 Å². The smallest absolute Gasteiger partial charge is 0.249 e. The Labute approximate surface area is 111 Å². The molecule has 102 valence electrons. The zero-order valence-electron chi connectivity index (χ0n) is 11.0. The van der Waals surface area contributed by atoms with Crippen LogP contribution in [0.15, 0.2) is 22.8 Å². The van der Waals surface area contributed by atoms with Crippen molar-refractivity contribution in [3.05, 3.63) is 24.2 Å². The topological polar surface area (TPSA) is 62.6 Å². The third-order valence-corrected chi connectivity index (χ3v) is 4.24. The van der Waals surface area contributed by atoms with Gasteiger partial charge in [-0.25, -0.2) is 0 Å². The summed E-state index contributed by atoms with van der Waals surface area (Å²) in [4.78, 5) is 26.3. The number of furan rings is 1. The minimum Gasteiger partial charge on any atom is -0.467 e. The Bertz CT molecular complexity index is 489. The van der Waals surface area contributed by atoms with Gasteiger partial charge in [0.15, 0.2) is 0 Å². The molecule has 0 bridgehead atoms. The SMILES string of the molecule is CC(c1ccco1)N1CC(=O)NC2(CCCC2)C1=O. The summed E-state index contributed by atoms with van der Waals surface area (Å²) in [6.45, 7) is 2.01. The second-order valence-corrected chi connectivity index (χ2v) is 5.46. The maximum atomic E-state index is 12.7. The molecule has 0 aromatic carbocycles. The van der Waals surface area contributed by atoms with E-state index in [-0.39, 0.29) is 24.4 Å². The number of hydrogen-bond acceptors (Lipinski definition) is 3. The van der Waals surface area contributed by atoms with Gasteiger partial charge in [-0.2, -0.15) is 0 Å². The van der Waals surface area contributed by atoms with Crippen molar-refractivity contribution in [3.8, 4) is 0 Å². The number of carbonyl (C=O) groups is 2. The Morgan fingerprint density at radius 3 is 2.74 bits per heavy atom. The number of piperazine rings is 1. The lowest BCUT2D eigenvalue weighted by atomic mass is 9.92. The monoisotopic (exact) mass is 262 g/mol. The fourth-order valence-electron chi connectivity index (χ4n) is 3.17. The first-order chi connectivity index (χ1) is 9.12. The van der Waals surface area contributed by atoms with Crippen molar-refractivity contribution in [3.63, 3.8) is 0 Å². The molecule has 3 rings (SSSR count). The third kappa shape index (κ3) is 1.93. The van der Waals surface area contributed by atoms with Crippen LogP contribution in [-0.2, 0) is 9.59 Å². The summed E-state index contributed by atoms with van der Waals surface area (Å²) < 4.78 is 5.36. The van der Waals surface area contributed by atoms with Crippen molar-refractivity contribution < 1.29 is 14.0 Å². The van der Waals surface area contributed by atoms with E-state index < -0.39 is 5.54 Å². The summed E-state index contributed by atoms with van der Waals surface area (Å²) >= 11 is 0. The van der Waals surface area contributed by atoms with E-state index in [2.05, 4.69) is 5.32 Å². The van der Waals surface area contributed by atoms with Crippen molar-refractivity contribution in [1.29, 1.82) is 0 Å². The van der Waals surface area contributed by atoms with Crippen LogP contribution in [0.5, 0.6) is 0 Å². The maximum absolute atomic E-state index is 12.7. The molecule has 1 aromatic heterocycles. The van der Waals surface area contributed by atoms with Gasteiger partial charge < -0.3 is 14.6 Å². The number of hydrogen-bond donors (Lipinski definition) is 1. The molecule has 2 amide bonds. The van der Waals surface area contributed by atoms with Gasteiger partial charge in [0.1, 0.15) is 17.8 Å². The molecule has 2 aliphatic rings. The fraction of sp³-hybridized carbons (Fsp3) is 0.571. The van der Waals surface area contributed by atoms with Crippen LogP contribution in [0.25, 0.3) is 0 Å². The molecule has 1 aliphatic heterocycles. The summed E-state index contributed by atoms with van der Waals surface area (Å²) in [6, 6.07) is 3.43. The average molecular weight is 262 g/mol. The number of carbonyl (C=O) groups excluding carboxylic acids is 2. The van der Waals surface area contributed by atoms with Crippen molar-refractivity contribution in [2.45, 2.75) is 44.2 Å². The Balaban J connectivity index is 1.88. The van der Waals surface area contributed by atoms with Crippen LogP contribution in [0, 0.1) is 0 Å². The Morgan fingerprint density at radius 2 is 2.11 bits per heavy atom. The lowest BCUT2D eigenvalue weighted by Gasteiger charge is -2.41. The van der Waals surface area contributed by atoms with Crippen molar-refractivity contribution >= 4 is 11.8 Å². The van der Waals surface area contributed by atoms with Gasteiger partial charge in [-0.15, -0.1) is 0 Å². The van der Waals surface area contributed by atoms with Gasteiger partial charge in [-0.3, -0.25) is 9.59 Å². The first-order valence-electron chi connectivity index (χ1n) is 6.78. The summed E-state index contributed by atoms with van der Waals surface area (Å²) in [5.41, 5.74) is -0.657. The molecular weight excluding hydrogens is 244 g/mol. The van der Waals surface area contributed by atoms with E-state index in [4.69, 9.17) is 4.42 Å². The van der Waals surface area contributed by atoms with Crippen LogP contribution in [0.1, 0.15) is 44.4 Å². The van der Waals surface area contributed by atoms with Crippen LogP contribution in [-0.4, -0.2) is 28.8 Å². The van der Waals surface area contributed by atoms with Gasteiger partial charge >= 0.3 is 0 Å². The molecule has 1 atom stereocenters. The quantitative estimate of drug-likeness (QED) is 0.880. The Morgan fingerprint density at radius 1 is 1.37 bits per heavy atom. The molecule has 1 unspecified atom stereocenters. The molecule has 2 heterocycles. The zero-order chi connectivity index (χ0) is 13.5. The molecule has 0 radical (unpaired) electrons. The standard InChI is InChI=1S/C14H18N2O3/c1-10(11-5-4-8-19-11)16-9-12(17)15-14(13(16)18)6-2-3-7-14/h4-5,8,10H,2-3,6-7,9H2,1H3,(H,15,17). The second-order valence-electron chi connectivity index (χ2n) is 5.46. The molecule has 1 spiro atoms. The molecule has 1 saturated carbocycles. The van der Waals surface area contributed by atoms with E-state index in [0.717, 1.165) is 31.4 Å². The number of nitrogens with zero attached hydrogens (tertiary/aromatic N) is 1. The predicted molar refractivity (Wildman–Crippen MR) is 68.2 cm³/mol. The van der Waals surface area contributed by atoms with Crippen molar-refractivity contribution in [1.82, 2.24) is 10.2 Å². The normalized spacial score (nSPS) is 23.7. The third-order valence-electron chi connectivity index (χ3n) is 4.24. The highest BCUT2D eigenvalue weighted by Crippen LogP contribution is 2.36. The molecule has 19 heavy (non-hydrogen) atoms. The number of nitrogens with one attached hydrogen (secondary N) is 1. The highest BCUT2D eigenvalue weighted by molar-refractivity contribution is 5.98. The van der Waals surface area contributed by atoms with Crippen LogP contribution < -0.4 is 5.32 Å². The lowest BCUT2D eigenvalue weighted by molar-refractivity contribution is -0.152. The average Bonchev–Trinajstić information content (AvgIpc) is 3.04. The molecule has 1 saturated heterocycles. The summed E-state index contributed by atoms with van der Waals surface area (Å²) in [7, 11) is 0. The molecule has 5 nitrogen and oxygen atoms in total. The molecular formula is C14H18N2O3. The van der Waals surface area contributed by atoms with E-state index in [1.807, 2.05) is 13.0 Å². The summed E-state index contributed by atoms with van der Waals surface area (Å²) in [5, 5.41) is 2.91. The Hall–Kier alpha value is -1.78. The van der Waals surface area contributed by atoms with Gasteiger partial charge in [-0.05, 0) is 31.9 Å². The van der Waals surface area contributed by atoms with E-state index in [1.54, 1.807) is 17.2 Å². The molecule has 1 N–H and O–H groups in total. The highest BCUT2D eigenvalue weighted by atomic mass is 16.3. The minimum absolute atomic E-state index is 0.0356. The Kier molecular flexibility index (Phi) is 2.84. The summed E-state index contributed by atoms with van der Waals surface area (Å²) in [6.07, 6.45) is 5.08. The summed E-state index contributed by atoms with van der Waals surface area (Å²) in [5.74, 6) is 0.685. The highest BCUT2D eigenvalue weighted by Gasteiger charge is 2.49. The van der Waals surface area contributed by atoms with Gasteiger partial charge in [0.25, 0.3) is 0 Å². The van der Waals surface area contributed by atoms with E-state index in [1.165, 1.54) is 0 Å². The first kappa shape index (κ1) is 12.3.